The number of aliphatic carboxylic acids is 1. The minimum atomic E-state index is -4.24. The third kappa shape index (κ3) is 6.25. The number of carboxylic acid groups (broad SMARTS) is 1. The lowest BCUT2D eigenvalue weighted by molar-refractivity contribution is -0.138. The number of rotatable bonds is 10. The van der Waals surface area contributed by atoms with E-state index in [1.807, 2.05) is 18.2 Å². The number of aryl methyl sites for hydroxylation is 2. The number of hydrogen-bond acceptors (Lipinski definition) is 10. The molecule has 0 bridgehead atoms. The minimum Gasteiger partial charge on any atom is -0.480 e. The van der Waals surface area contributed by atoms with Crippen LogP contribution in [-0.2, 0) is 24.4 Å². The maximum absolute atomic E-state index is 12.7. The molecule has 0 radical (unpaired) electrons. The largest absolute Gasteiger partial charge is 0.480 e. The van der Waals surface area contributed by atoms with Crippen LogP contribution in [0, 0.1) is 19.8 Å². The first-order valence-electron chi connectivity index (χ1n) is 11.9. The van der Waals surface area contributed by atoms with Crippen molar-refractivity contribution in [3.8, 4) is 0 Å². The van der Waals surface area contributed by atoms with E-state index in [4.69, 9.17) is 9.36 Å². The van der Waals surface area contributed by atoms with Crippen molar-refractivity contribution in [3.05, 3.63) is 35.9 Å². The second-order valence-corrected chi connectivity index (χ2v) is 11.1. The Morgan fingerprint density at radius 1 is 1.24 bits per heavy atom. The molecule has 37 heavy (non-hydrogen) atoms. The molecule has 13 nitrogen and oxygen atoms in total. The molecule has 1 atom stereocenters. The van der Waals surface area contributed by atoms with Crippen LogP contribution < -0.4 is 15.4 Å². The summed E-state index contributed by atoms with van der Waals surface area (Å²) in [6.07, 6.45) is 5.31. The second-order valence-electron chi connectivity index (χ2n) is 9.40. The maximum Gasteiger partial charge on any atom is 0.323 e. The van der Waals surface area contributed by atoms with Gasteiger partial charge in [0.05, 0.1) is 0 Å². The van der Waals surface area contributed by atoms with Gasteiger partial charge in [0.25, 0.3) is 5.91 Å². The van der Waals surface area contributed by atoms with Crippen molar-refractivity contribution >= 4 is 33.4 Å². The number of anilines is 1. The number of pyridine rings is 1. The molecule has 2 aliphatic rings. The number of aromatic nitrogens is 2. The van der Waals surface area contributed by atoms with Crippen molar-refractivity contribution in [1.82, 2.24) is 20.2 Å². The molecule has 0 aromatic carbocycles. The molecule has 4 N–H and O–H groups in total. The third-order valence-electron chi connectivity index (χ3n) is 6.65. The zero-order valence-electron chi connectivity index (χ0n) is 20.6. The first kappa shape index (κ1) is 26.5. The Labute approximate surface area is 214 Å². The topological polar surface area (TPSA) is 185 Å². The molecule has 0 unspecified atom stereocenters. The third-order valence-corrected chi connectivity index (χ3v) is 8.37. The summed E-state index contributed by atoms with van der Waals surface area (Å²) in [6, 6.07) is 4.09. The van der Waals surface area contributed by atoms with E-state index in [1.54, 1.807) is 6.20 Å². The Balaban J connectivity index is 1.26. The predicted molar refractivity (Wildman–Crippen MR) is 131 cm³/mol. The molecule has 1 spiro atoms. The van der Waals surface area contributed by atoms with E-state index >= 15 is 0 Å². The van der Waals surface area contributed by atoms with Crippen LogP contribution in [0.4, 0.5) is 5.82 Å². The monoisotopic (exact) mass is 534 g/mol. The molecule has 1 aliphatic heterocycles. The predicted octanol–water partition coefficient (Wildman–Crippen LogP) is 1.35. The molecule has 1 amide bonds. The number of nitrogens with zero attached hydrogens (tertiary/aromatic N) is 3. The van der Waals surface area contributed by atoms with Crippen molar-refractivity contribution in [2.45, 2.75) is 62.5 Å². The number of carbonyl (C=O) groups is 2. The van der Waals surface area contributed by atoms with E-state index < -0.39 is 40.1 Å². The van der Waals surface area contributed by atoms with Gasteiger partial charge in [0, 0.05) is 25.7 Å². The maximum atomic E-state index is 12.7. The van der Waals surface area contributed by atoms with Gasteiger partial charge >= 0.3 is 5.97 Å². The van der Waals surface area contributed by atoms with E-state index in [2.05, 4.69) is 30.7 Å². The van der Waals surface area contributed by atoms with Crippen LogP contribution in [-0.4, -0.2) is 66.0 Å². The lowest BCUT2D eigenvalue weighted by Gasteiger charge is -2.34. The highest BCUT2D eigenvalue weighted by Gasteiger charge is 2.44. The summed E-state index contributed by atoms with van der Waals surface area (Å²) in [5.74, 6) is -0.747. The van der Waals surface area contributed by atoms with Crippen molar-refractivity contribution < 1.29 is 32.5 Å². The van der Waals surface area contributed by atoms with Crippen molar-refractivity contribution in [1.29, 1.82) is 0 Å². The fourth-order valence-electron chi connectivity index (χ4n) is 4.62. The zero-order valence-corrected chi connectivity index (χ0v) is 21.4. The zero-order chi connectivity index (χ0) is 26.6. The molecular weight excluding hydrogens is 504 g/mol. The van der Waals surface area contributed by atoms with Gasteiger partial charge in [-0.15, -0.1) is 0 Å². The van der Waals surface area contributed by atoms with E-state index in [9.17, 15) is 23.1 Å². The van der Waals surface area contributed by atoms with Crippen LogP contribution in [0.2, 0.25) is 0 Å². The summed E-state index contributed by atoms with van der Waals surface area (Å²) in [5, 5.41) is 22.9. The highest BCUT2D eigenvalue weighted by atomic mass is 32.2. The molecule has 2 aromatic heterocycles. The Hall–Kier alpha value is -3.52. The van der Waals surface area contributed by atoms with Crippen molar-refractivity contribution in [2.24, 2.45) is 11.1 Å². The summed E-state index contributed by atoms with van der Waals surface area (Å²) in [5.41, 5.74) is -0.295. The molecular formula is C23H30N6O7S. The Kier molecular flexibility index (Phi) is 7.78. The van der Waals surface area contributed by atoms with Gasteiger partial charge in [-0.2, -0.15) is 4.72 Å². The summed E-state index contributed by atoms with van der Waals surface area (Å²) >= 11 is 0. The van der Waals surface area contributed by atoms with E-state index in [1.165, 1.54) is 13.8 Å². The summed E-state index contributed by atoms with van der Waals surface area (Å²) in [7, 11) is -4.24. The highest BCUT2D eigenvalue weighted by Crippen LogP contribution is 2.40. The van der Waals surface area contributed by atoms with Crippen LogP contribution in [0.5, 0.6) is 0 Å². The van der Waals surface area contributed by atoms with E-state index in [-0.39, 0.29) is 22.1 Å². The number of amides is 1. The normalized spacial score (nSPS) is 22.2. The first-order valence-corrected chi connectivity index (χ1v) is 13.4. The Bertz CT molecular complexity index is 1250. The first-order chi connectivity index (χ1) is 17.6. The summed E-state index contributed by atoms with van der Waals surface area (Å²) < 4.78 is 32.3. The number of carbonyl (C=O) groups excluding carboxylic acids is 1. The number of nitrogens with one attached hydrogen (secondary N) is 3. The molecule has 4 rings (SSSR count). The van der Waals surface area contributed by atoms with Gasteiger partial charge in [-0.3, -0.25) is 9.59 Å². The van der Waals surface area contributed by atoms with Crippen LogP contribution >= 0.6 is 0 Å². The lowest BCUT2D eigenvalue weighted by Crippen LogP contribution is -2.49. The second kappa shape index (κ2) is 10.8. The van der Waals surface area contributed by atoms with E-state index in [0.29, 0.717) is 12.3 Å². The van der Waals surface area contributed by atoms with Crippen LogP contribution in [0.1, 0.15) is 43.6 Å². The molecule has 14 heteroatoms. The van der Waals surface area contributed by atoms with Crippen molar-refractivity contribution in [3.63, 3.8) is 0 Å². The van der Waals surface area contributed by atoms with Gasteiger partial charge in [-0.1, -0.05) is 16.4 Å². The number of sulfonamides is 1. The lowest BCUT2D eigenvalue weighted by atomic mass is 9.76. The molecule has 200 valence electrons. The Morgan fingerprint density at radius 3 is 2.62 bits per heavy atom. The smallest absolute Gasteiger partial charge is 0.323 e. The fraction of sp³-hybridized carbons (Fsp3) is 0.522. The van der Waals surface area contributed by atoms with Gasteiger partial charge in [0.1, 0.15) is 33.8 Å². The molecule has 2 aromatic rings. The average Bonchev–Trinajstić information content (AvgIpc) is 3.44. The molecule has 0 saturated heterocycles. The number of oxime groups is 1. The summed E-state index contributed by atoms with van der Waals surface area (Å²) in [6.45, 7) is 3.15. The fourth-order valence-corrected chi connectivity index (χ4v) is 6.13. The van der Waals surface area contributed by atoms with Crippen molar-refractivity contribution in [2.75, 3.05) is 18.4 Å². The van der Waals surface area contributed by atoms with Crippen LogP contribution in [0.3, 0.4) is 0 Å². The van der Waals surface area contributed by atoms with Gasteiger partial charge in [-0.05, 0) is 57.6 Å². The van der Waals surface area contributed by atoms with E-state index in [0.717, 1.165) is 38.0 Å². The van der Waals surface area contributed by atoms with Gasteiger partial charge in [0.2, 0.25) is 10.0 Å². The molecule has 3 heterocycles. The number of carboxylic acids is 1. The van der Waals surface area contributed by atoms with Gasteiger partial charge in [-0.25, -0.2) is 13.4 Å². The summed E-state index contributed by atoms with van der Waals surface area (Å²) in [4.78, 5) is 34.1. The van der Waals surface area contributed by atoms with Crippen LogP contribution in [0.15, 0.2) is 39.0 Å². The molecule has 1 saturated carbocycles. The van der Waals surface area contributed by atoms with Gasteiger partial charge < -0.3 is 25.1 Å². The Morgan fingerprint density at radius 2 is 2.00 bits per heavy atom. The van der Waals surface area contributed by atoms with Crippen LogP contribution in [0.25, 0.3) is 0 Å². The quantitative estimate of drug-likeness (QED) is 0.347. The average molecular weight is 535 g/mol. The number of hydrogen-bond donors (Lipinski definition) is 4. The molecule has 1 fully saturated rings. The SMILES string of the molecule is Cc1noc(C)c1S(=O)(=O)N[C@@H](CNC(=O)C1=NOC2(CCC(CNc3ccccn3)CC2)C1)C(=O)O. The molecule has 1 aliphatic carbocycles. The standard InChI is InChI=1S/C23H30N6O7S/c1-14-20(15(2)35-27-14)37(33,34)29-18(22(31)32)13-26-21(30)17-11-23(36-28-17)8-6-16(7-9-23)12-25-19-5-3-4-10-24-19/h3-5,10,16,18,29H,6-9,11-13H2,1-2H3,(H,24,25)(H,26,30)(H,31,32)/t16?,18-,23?/m0/s1. The highest BCUT2D eigenvalue weighted by molar-refractivity contribution is 7.89. The van der Waals surface area contributed by atoms with Gasteiger partial charge in [0.15, 0.2) is 5.76 Å². The minimum absolute atomic E-state index is 0.0307.